The van der Waals surface area contributed by atoms with E-state index < -0.39 is 0 Å². The molecule has 2 aromatic rings. The summed E-state index contributed by atoms with van der Waals surface area (Å²) in [5, 5.41) is 21.9. The quantitative estimate of drug-likeness (QED) is 0.292. The second-order valence-electron chi connectivity index (χ2n) is 14.2. The second-order valence-corrected chi connectivity index (χ2v) is 14.2. The molecular formula is C32H40N2O2. The first kappa shape index (κ1) is 21.7. The summed E-state index contributed by atoms with van der Waals surface area (Å²) < 4.78 is 0. The molecule has 6 N–H and O–H groups in total. The van der Waals surface area contributed by atoms with Gasteiger partial charge in [-0.2, -0.15) is 0 Å². The Hall–Kier alpha value is -2.36. The Morgan fingerprint density at radius 2 is 1.00 bits per heavy atom. The predicted molar refractivity (Wildman–Crippen MR) is 142 cm³/mol. The number of phenolic OH excluding ortho intramolecular Hbond substituents is 2. The minimum absolute atomic E-state index is 0.149. The summed E-state index contributed by atoms with van der Waals surface area (Å²) in [5.74, 6) is 5.20. The smallest absolute Gasteiger partial charge is 0.138 e. The van der Waals surface area contributed by atoms with Crippen molar-refractivity contribution in [3.05, 3.63) is 47.5 Å². The van der Waals surface area contributed by atoms with Crippen molar-refractivity contribution in [3.63, 3.8) is 0 Å². The highest BCUT2D eigenvalue weighted by Gasteiger charge is 2.74. The van der Waals surface area contributed by atoms with Gasteiger partial charge in [-0.3, -0.25) is 0 Å². The van der Waals surface area contributed by atoms with Gasteiger partial charge in [0, 0.05) is 5.41 Å². The van der Waals surface area contributed by atoms with Gasteiger partial charge in [-0.1, -0.05) is 12.1 Å². The Morgan fingerprint density at radius 3 is 1.42 bits per heavy atom. The van der Waals surface area contributed by atoms with Gasteiger partial charge in [0.1, 0.15) is 11.5 Å². The topological polar surface area (TPSA) is 92.5 Å². The maximum Gasteiger partial charge on any atom is 0.138 e. The van der Waals surface area contributed by atoms with Crippen molar-refractivity contribution in [3.8, 4) is 11.5 Å². The molecule has 8 aliphatic carbocycles. The Labute approximate surface area is 214 Å². The normalized spacial score (nSPS) is 43.2. The van der Waals surface area contributed by atoms with Crippen LogP contribution in [0.1, 0.15) is 81.8 Å². The van der Waals surface area contributed by atoms with E-state index in [4.69, 9.17) is 11.5 Å². The third-order valence-corrected chi connectivity index (χ3v) is 12.6. The van der Waals surface area contributed by atoms with E-state index in [1.54, 1.807) is 0 Å². The largest absolute Gasteiger partial charge is 0.506 e. The van der Waals surface area contributed by atoms with Crippen LogP contribution in [0.3, 0.4) is 0 Å². The van der Waals surface area contributed by atoms with E-state index in [-0.39, 0.29) is 22.3 Å². The number of hydrogen-bond donors (Lipinski definition) is 4. The molecule has 10 rings (SSSR count). The molecule has 0 spiro atoms. The van der Waals surface area contributed by atoms with E-state index in [0.717, 1.165) is 29.6 Å². The molecule has 8 bridgehead atoms. The summed E-state index contributed by atoms with van der Waals surface area (Å²) in [6.07, 6.45) is 15.0. The zero-order valence-corrected chi connectivity index (χ0v) is 21.3. The highest BCUT2D eigenvalue weighted by molar-refractivity contribution is 5.61. The lowest BCUT2D eigenvalue weighted by Crippen LogP contribution is -2.71. The van der Waals surface area contributed by atoms with Crippen LogP contribution in [-0.4, -0.2) is 10.2 Å². The van der Waals surface area contributed by atoms with Crippen LogP contribution in [0.25, 0.3) is 0 Å². The van der Waals surface area contributed by atoms with Gasteiger partial charge in [-0.05, 0) is 152 Å². The molecule has 0 aromatic heterocycles. The van der Waals surface area contributed by atoms with E-state index in [1.807, 2.05) is 24.3 Å². The molecule has 2 atom stereocenters. The van der Waals surface area contributed by atoms with E-state index in [9.17, 15) is 10.2 Å². The van der Waals surface area contributed by atoms with Gasteiger partial charge in [0.25, 0.3) is 0 Å². The van der Waals surface area contributed by atoms with Crippen LogP contribution in [0, 0.1) is 46.3 Å². The molecule has 0 aliphatic heterocycles. The highest BCUT2D eigenvalue weighted by Crippen LogP contribution is 2.81. The van der Waals surface area contributed by atoms with Crippen molar-refractivity contribution in [1.82, 2.24) is 0 Å². The Balaban J connectivity index is 1.44. The van der Waals surface area contributed by atoms with Gasteiger partial charge in [0.2, 0.25) is 0 Å². The van der Waals surface area contributed by atoms with E-state index in [1.165, 1.54) is 81.8 Å². The number of hydrogen-bond acceptors (Lipinski definition) is 4. The summed E-state index contributed by atoms with van der Waals surface area (Å²) in [7, 11) is 0. The summed E-state index contributed by atoms with van der Waals surface area (Å²) in [6, 6.07) is 12.3. The number of phenols is 2. The van der Waals surface area contributed by atoms with Crippen LogP contribution in [0.5, 0.6) is 11.5 Å². The lowest BCUT2D eigenvalue weighted by molar-refractivity contribution is -0.234. The Kier molecular flexibility index (Phi) is 4.18. The molecule has 36 heavy (non-hydrogen) atoms. The van der Waals surface area contributed by atoms with Crippen LogP contribution in [0.2, 0.25) is 0 Å². The zero-order valence-electron chi connectivity index (χ0n) is 21.3. The molecule has 2 aromatic carbocycles. The molecule has 0 radical (unpaired) electrons. The Bertz CT molecular complexity index is 1150. The molecule has 0 saturated heterocycles. The molecule has 4 heteroatoms. The fourth-order valence-electron chi connectivity index (χ4n) is 12.3. The molecule has 0 heterocycles. The average molecular weight is 485 g/mol. The zero-order chi connectivity index (χ0) is 24.4. The molecule has 8 aliphatic rings. The highest BCUT2D eigenvalue weighted by atomic mass is 16.3. The minimum atomic E-state index is -0.234. The maximum absolute atomic E-state index is 10.9. The standard InChI is InChI=1S/C32H40N2O2/c33-26-3-1-23(11-28(26)35)32(24-2-4-27(34)29(36)12-24)25-9-21-8-22(10-25)17-31(32,16-21)30-13-18-5-19(14-30)7-20(6-18)15-30/h1-4,11-12,18-22,25,35-36H,5-10,13-17,33-34H2. The van der Waals surface area contributed by atoms with Crippen LogP contribution in [0.4, 0.5) is 11.4 Å². The van der Waals surface area contributed by atoms with E-state index in [2.05, 4.69) is 12.1 Å². The van der Waals surface area contributed by atoms with Gasteiger partial charge >= 0.3 is 0 Å². The fourth-order valence-corrected chi connectivity index (χ4v) is 12.3. The van der Waals surface area contributed by atoms with Gasteiger partial charge in [-0.25, -0.2) is 0 Å². The summed E-state index contributed by atoms with van der Waals surface area (Å²) >= 11 is 0. The van der Waals surface area contributed by atoms with Crippen LogP contribution in [-0.2, 0) is 5.41 Å². The molecular weight excluding hydrogens is 444 g/mol. The van der Waals surface area contributed by atoms with Gasteiger partial charge in [-0.15, -0.1) is 0 Å². The summed E-state index contributed by atoms with van der Waals surface area (Å²) in [4.78, 5) is 0. The molecule has 4 nitrogen and oxygen atoms in total. The summed E-state index contributed by atoms with van der Waals surface area (Å²) in [6.45, 7) is 0. The first-order valence-electron chi connectivity index (χ1n) is 14.5. The number of rotatable bonds is 3. The van der Waals surface area contributed by atoms with Crippen molar-refractivity contribution < 1.29 is 10.2 Å². The first-order chi connectivity index (χ1) is 17.3. The molecule has 2 unspecified atom stereocenters. The molecule has 0 amide bonds. The number of aromatic hydroxyl groups is 2. The van der Waals surface area contributed by atoms with Crippen molar-refractivity contribution in [2.24, 2.45) is 46.3 Å². The van der Waals surface area contributed by atoms with Crippen molar-refractivity contribution >= 4 is 11.4 Å². The lowest BCUT2D eigenvalue weighted by atomic mass is 9.27. The Morgan fingerprint density at radius 1 is 0.583 bits per heavy atom. The minimum Gasteiger partial charge on any atom is -0.506 e. The van der Waals surface area contributed by atoms with Crippen molar-refractivity contribution in [2.75, 3.05) is 11.5 Å². The molecule has 190 valence electrons. The van der Waals surface area contributed by atoms with E-state index in [0.29, 0.717) is 22.7 Å². The number of anilines is 2. The fraction of sp³-hybridized carbons (Fsp3) is 0.625. The maximum atomic E-state index is 10.9. The first-order valence-corrected chi connectivity index (χ1v) is 14.5. The average Bonchev–Trinajstić information content (AvgIpc) is 2.82. The van der Waals surface area contributed by atoms with Gasteiger partial charge in [0.15, 0.2) is 0 Å². The van der Waals surface area contributed by atoms with Crippen LogP contribution < -0.4 is 11.5 Å². The monoisotopic (exact) mass is 484 g/mol. The van der Waals surface area contributed by atoms with Gasteiger partial charge < -0.3 is 21.7 Å². The number of nitrogens with two attached hydrogens (primary N) is 2. The van der Waals surface area contributed by atoms with Crippen LogP contribution >= 0.6 is 0 Å². The third-order valence-electron chi connectivity index (χ3n) is 12.6. The predicted octanol–water partition coefficient (Wildman–Crippen LogP) is 6.59. The van der Waals surface area contributed by atoms with Crippen LogP contribution in [0.15, 0.2) is 36.4 Å². The van der Waals surface area contributed by atoms with Gasteiger partial charge in [0.05, 0.1) is 11.4 Å². The van der Waals surface area contributed by atoms with E-state index >= 15 is 0 Å². The number of benzene rings is 2. The SMILES string of the molecule is Nc1ccc(C2(c3ccc(N)c(O)c3)C3CC4CC(C3)CC2(C23CC5CC(CC(C5)C2)C3)C4)cc1O. The van der Waals surface area contributed by atoms with Crippen molar-refractivity contribution in [1.29, 1.82) is 0 Å². The summed E-state index contributed by atoms with van der Waals surface area (Å²) in [5.41, 5.74) is 15.9. The third kappa shape index (κ3) is 2.52. The second kappa shape index (κ2) is 6.94. The van der Waals surface area contributed by atoms with Crippen molar-refractivity contribution in [2.45, 2.75) is 76.0 Å². The lowest BCUT2D eigenvalue weighted by Gasteiger charge is -2.77. The molecule has 8 fully saturated rings. The number of nitrogen functional groups attached to an aromatic ring is 2. The molecule has 8 saturated carbocycles.